The zero-order valence-corrected chi connectivity index (χ0v) is 11.8. The van der Waals surface area contributed by atoms with Gasteiger partial charge in [-0.3, -0.25) is 4.98 Å². The number of rotatable bonds is 0. The van der Waals surface area contributed by atoms with Gasteiger partial charge in [-0.05, 0) is 63.7 Å². The van der Waals surface area contributed by atoms with Crippen LogP contribution >= 0.6 is 15.9 Å². The van der Waals surface area contributed by atoms with Crippen LogP contribution < -0.4 is 5.73 Å². The molecule has 0 amide bonds. The van der Waals surface area contributed by atoms with E-state index in [9.17, 15) is 0 Å². The highest BCUT2D eigenvalue weighted by Gasteiger charge is 2.22. The second kappa shape index (κ2) is 4.76. The Bertz CT molecular complexity index is 688. The van der Waals surface area contributed by atoms with E-state index in [1.807, 2.05) is 18.2 Å². The Hall–Kier alpha value is -1.70. The van der Waals surface area contributed by atoms with Crippen molar-refractivity contribution >= 4 is 15.9 Å². The number of hydrogen-bond acceptors (Lipinski definition) is 3. The molecule has 1 atom stereocenters. The molecule has 3 nitrogen and oxygen atoms in total. The van der Waals surface area contributed by atoms with E-state index in [0.717, 1.165) is 34.1 Å². The number of nitriles is 1. The Morgan fingerprint density at radius 3 is 2.84 bits per heavy atom. The molecule has 0 spiro atoms. The van der Waals surface area contributed by atoms with Gasteiger partial charge in [-0.25, -0.2) is 0 Å². The summed E-state index contributed by atoms with van der Waals surface area (Å²) in [4.78, 5) is 4.46. The molecule has 0 aliphatic heterocycles. The van der Waals surface area contributed by atoms with Crippen LogP contribution in [-0.2, 0) is 12.8 Å². The molecule has 0 unspecified atom stereocenters. The minimum absolute atomic E-state index is 0.214. The molecule has 2 N–H and O–H groups in total. The number of benzene rings is 1. The second-order valence-corrected chi connectivity index (χ2v) is 5.62. The molecule has 1 aliphatic carbocycles. The van der Waals surface area contributed by atoms with Gasteiger partial charge >= 0.3 is 0 Å². The molecule has 0 saturated carbocycles. The van der Waals surface area contributed by atoms with E-state index in [1.165, 1.54) is 5.56 Å². The Morgan fingerprint density at radius 1 is 1.26 bits per heavy atom. The normalized spacial score (nSPS) is 17.0. The Morgan fingerprint density at radius 2 is 2.05 bits per heavy atom. The van der Waals surface area contributed by atoms with Crippen LogP contribution in [0.25, 0.3) is 0 Å². The minimum Gasteiger partial charge on any atom is -0.319 e. The average Bonchev–Trinajstić information content (AvgIpc) is 2.56. The summed E-state index contributed by atoms with van der Waals surface area (Å²) in [6.45, 7) is 0. The van der Waals surface area contributed by atoms with Gasteiger partial charge in [0.15, 0.2) is 0 Å². The van der Waals surface area contributed by atoms with Crippen LogP contribution in [0, 0.1) is 11.3 Å². The molecule has 0 saturated heterocycles. The van der Waals surface area contributed by atoms with Gasteiger partial charge in [-0.1, -0.05) is 6.07 Å². The monoisotopic (exact) mass is 313 g/mol. The summed E-state index contributed by atoms with van der Waals surface area (Å²) in [5, 5.41) is 8.99. The number of nitrogens with zero attached hydrogens (tertiary/aromatic N) is 2. The molecular weight excluding hydrogens is 302 g/mol. The number of nitrogens with two attached hydrogens (primary N) is 1. The predicted molar refractivity (Wildman–Crippen MR) is 76.5 cm³/mol. The van der Waals surface area contributed by atoms with E-state index in [4.69, 9.17) is 11.0 Å². The van der Waals surface area contributed by atoms with Crippen molar-refractivity contribution in [2.24, 2.45) is 5.73 Å². The number of halogens is 1. The molecule has 0 fully saturated rings. The first kappa shape index (κ1) is 12.3. The third-order valence-corrected chi connectivity index (χ3v) is 3.97. The average molecular weight is 314 g/mol. The van der Waals surface area contributed by atoms with Crippen molar-refractivity contribution in [2.45, 2.75) is 18.9 Å². The third kappa shape index (κ3) is 2.16. The third-order valence-electron chi connectivity index (χ3n) is 3.53. The summed E-state index contributed by atoms with van der Waals surface area (Å²) in [7, 11) is 0. The fourth-order valence-corrected chi connectivity index (χ4v) is 2.96. The van der Waals surface area contributed by atoms with Crippen LogP contribution in [0.15, 0.2) is 34.9 Å². The topological polar surface area (TPSA) is 62.7 Å². The summed E-state index contributed by atoms with van der Waals surface area (Å²) in [6, 6.07) is 9.77. The minimum atomic E-state index is -0.214. The Labute approximate surface area is 120 Å². The molecular formula is C15H12BrN3. The lowest BCUT2D eigenvalue weighted by Gasteiger charge is -2.14. The van der Waals surface area contributed by atoms with Gasteiger partial charge in [0.2, 0.25) is 0 Å². The van der Waals surface area contributed by atoms with Crippen LogP contribution in [0.5, 0.6) is 0 Å². The van der Waals surface area contributed by atoms with Crippen molar-refractivity contribution in [2.75, 3.05) is 0 Å². The molecule has 94 valence electrons. The molecule has 1 aliphatic rings. The molecule has 0 radical (unpaired) electrons. The number of aromatic nitrogens is 1. The van der Waals surface area contributed by atoms with Gasteiger partial charge in [0.05, 0.1) is 23.4 Å². The van der Waals surface area contributed by atoms with E-state index in [0.29, 0.717) is 5.56 Å². The van der Waals surface area contributed by atoms with Crippen molar-refractivity contribution in [3.63, 3.8) is 0 Å². The van der Waals surface area contributed by atoms with Crippen molar-refractivity contribution in [3.05, 3.63) is 62.9 Å². The summed E-state index contributed by atoms with van der Waals surface area (Å²) in [6.07, 6.45) is 3.58. The summed E-state index contributed by atoms with van der Waals surface area (Å²) in [5.74, 6) is 0. The van der Waals surface area contributed by atoms with Gasteiger partial charge in [0.25, 0.3) is 0 Å². The molecule has 1 aromatic carbocycles. The van der Waals surface area contributed by atoms with Crippen LogP contribution in [0.1, 0.15) is 34.0 Å². The maximum absolute atomic E-state index is 8.99. The van der Waals surface area contributed by atoms with Crippen molar-refractivity contribution in [1.82, 2.24) is 4.98 Å². The standard InChI is InChI=1S/C15H12BrN3/c16-12-6-11-3-2-10-5-9(7-17)1-4-13(10)14(18)15(11)19-8-12/h1,4-6,8,14H,2-3,18H2/t14-/m1/s1. The van der Waals surface area contributed by atoms with E-state index in [2.05, 4.69) is 33.0 Å². The van der Waals surface area contributed by atoms with Gasteiger partial charge < -0.3 is 5.73 Å². The lowest BCUT2D eigenvalue weighted by atomic mass is 9.97. The first-order chi connectivity index (χ1) is 9.19. The molecule has 2 aromatic rings. The highest BCUT2D eigenvalue weighted by Crippen LogP contribution is 2.31. The van der Waals surface area contributed by atoms with Crippen molar-refractivity contribution < 1.29 is 0 Å². The Kier molecular flexibility index (Phi) is 3.09. The fraction of sp³-hybridized carbons (Fsp3) is 0.200. The molecule has 0 bridgehead atoms. The summed E-state index contributed by atoms with van der Waals surface area (Å²) >= 11 is 3.45. The van der Waals surface area contributed by atoms with Gasteiger partial charge in [-0.2, -0.15) is 5.26 Å². The van der Waals surface area contributed by atoms with Crippen LogP contribution in [0.3, 0.4) is 0 Å². The second-order valence-electron chi connectivity index (χ2n) is 4.70. The molecule has 3 rings (SSSR count). The SMILES string of the molecule is N#Cc1ccc2c(c1)CCc1cc(Br)cnc1[C@@H]2N. The fourth-order valence-electron chi connectivity index (χ4n) is 2.58. The van der Waals surface area contributed by atoms with Gasteiger partial charge in [0, 0.05) is 10.7 Å². The number of fused-ring (bicyclic) bond motifs is 2. The zero-order valence-electron chi connectivity index (χ0n) is 10.2. The number of aryl methyl sites for hydroxylation is 2. The smallest absolute Gasteiger partial charge is 0.0991 e. The highest BCUT2D eigenvalue weighted by atomic mass is 79.9. The highest BCUT2D eigenvalue weighted by molar-refractivity contribution is 9.10. The van der Waals surface area contributed by atoms with Gasteiger partial charge in [-0.15, -0.1) is 0 Å². The van der Waals surface area contributed by atoms with E-state index in [1.54, 1.807) is 6.20 Å². The van der Waals surface area contributed by atoms with E-state index in [-0.39, 0.29) is 6.04 Å². The van der Waals surface area contributed by atoms with E-state index >= 15 is 0 Å². The van der Waals surface area contributed by atoms with E-state index < -0.39 is 0 Å². The van der Waals surface area contributed by atoms with Crippen LogP contribution in [-0.4, -0.2) is 4.98 Å². The van der Waals surface area contributed by atoms with Crippen molar-refractivity contribution in [1.29, 1.82) is 5.26 Å². The maximum Gasteiger partial charge on any atom is 0.0991 e. The van der Waals surface area contributed by atoms with Crippen LogP contribution in [0.2, 0.25) is 0 Å². The first-order valence-electron chi connectivity index (χ1n) is 6.12. The Balaban J connectivity index is 2.14. The quantitative estimate of drug-likeness (QED) is 0.813. The first-order valence-corrected chi connectivity index (χ1v) is 6.91. The largest absolute Gasteiger partial charge is 0.319 e. The number of hydrogen-bond donors (Lipinski definition) is 1. The molecule has 4 heteroatoms. The van der Waals surface area contributed by atoms with Crippen LogP contribution in [0.4, 0.5) is 0 Å². The molecule has 1 aromatic heterocycles. The van der Waals surface area contributed by atoms with Gasteiger partial charge in [0.1, 0.15) is 0 Å². The van der Waals surface area contributed by atoms with Crippen molar-refractivity contribution in [3.8, 4) is 6.07 Å². The lowest BCUT2D eigenvalue weighted by Crippen LogP contribution is -2.15. The molecule has 19 heavy (non-hydrogen) atoms. The molecule has 1 heterocycles. The lowest BCUT2D eigenvalue weighted by molar-refractivity contribution is 0.818. The number of pyridine rings is 1. The summed E-state index contributed by atoms with van der Waals surface area (Å²) in [5.41, 5.74) is 11.4. The predicted octanol–water partition coefficient (Wildman–Crippen LogP) is 2.86. The zero-order chi connectivity index (χ0) is 13.4. The maximum atomic E-state index is 8.99. The summed E-state index contributed by atoms with van der Waals surface area (Å²) < 4.78 is 0.974.